The maximum absolute atomic E-state index is 10.5. The number of oxime groups is 1. The maximum atomic E-state index is 10.5. The van der Waals surface area contributed by atoms with Crippen LogP contribution in [0.25, 0.3) is 0 Å². The van der Waals surface area contributed by atoms with Crippen molar-refractivity contribution in [2.24, 2.45) is 11.1 Å². The first kappa shape index (κ1) is 53.6. The van der Waals surface area contributed by atoms with Crippen LogP contribution in [0.4, 0.5) is 0 Å². The van der Waals surface area contributed by atoms with E-state index >= 15 is 0 Å². The minimum atomic E-state index is -0.833. The Morgan fingerprint density at radius 3 is 1.78 bits per heavy atom. The van der Waals surface area contributed by atoms with Crippen LogP contribution in [0.5, 0.6) is 5.75 Å². The van der Waals surface area contributed by atoms with E-state index in [-0.39, 0.29) is 18.9 Å². The maximum Gasteiger partial charge on any atom is 0.300 e. The predicted octanol–water partition coefficient (Wildman–Crippen LogP) is 7.61. The Morgan fingerprint density at radius 1 is 0.833 bits per heavy atom. The summed E-state index contributed by atoms with van der Waals surface area (Å²) >= 11 is 11.2. The van der Waals surface area contributed by atoms with Crippen LogP contribution >= 0.6 is 23.2 Å². The molecule has 0 saturated heterocycles. The molecule has 0 aliphatic carbocycles. The topological polar surface area (TPSA) is 181 Å². The number of nitrogens with zero attached hydrogens (tertiary/aromatic N) is 1. The zero-order valence-electron chi connectivity index (χ0n) is 32.3. The summed E-state index contributed by atoms with van der Waals surface area (Å²) in [6, 6.07) is 22.6. The van der Waals surface area contributed by atoms with Crippen LogP contribution in [0.2, 0.25) is 10.0 Å². The second-order valence-electron chi connectivity index (χ2n) is 11.2. The van der Waals surface area contributed by atoms with Crippen molar-refractivity contribution >= 4 is 59.8 Å². The molecule has 0 radical (unpaired) electrons. The number of hydrogen-bond donors (Lipinski definition) is 4. The average Bonchev–Trinajstić information content (AvgIpc) is 3.12. The van der Waals surface area contributed by atoms with Crippen molar-refractivity contribution in [3.8, 4) is 5.75 Å². The SMILES string of the molecule is CC(=O)O.CCC.CCCc1ccc(O)cc1.CO/N=C(/CNC=O)CC(C)Cc1ccccc1.COCC(=O)CNC=O.O=Cc1c(Cl)cccc1Cl. The smallest absolute Gasteiger partial charge is 0.300 e. The normalized spacial score (nSPS) is 10.1. The molecule has 2 amide bonds. The van der Waals surface area contributed by atoms with E-state index < -0.39 is 5.97 Å². The van der Waals surface area contributed by atoms with E-state index in [2.05, 4.69) is 60.4 Å². The van der Waals surface area contributed by atoms with Gasteiger partial charge in [0, 0.05) is 14.0 Å². The third-order valence-electron chi connectivity index (χ3n) is 5.90. The standard InChI is InChI=1S/C14H20N2O2.C9H12O.C7H4Cl2O.C5H9NO3.C3H8.C2H4O2/c1-12(8-13-6-4-3-5-7-13)9-14(16-18-2)10-15-11-17;1-2-3-8-4-6-9(10)7-5-8;8-6-2-1-3-7(9)5(6)4-10;1-9-3-5(8)2-6-4-7;1-3-2;1-2(3)4/h3-7,11-12H,8-10H2,1-2H3,(H,15,17);4-7,10H,2-3H2,1H3;1-4H;4H,2-3H2,1H3,(H,6,7);3H2,1-2H3;1H3,(H,3,4)/b16-14+;;;;;. The Morgan fingerprint density at radius 2 is 1.35 bits per heavy atom. The largest absolute Gasteiger partial charge is 0.508 e. The molecule has 0 aliphatic heterocycles. The molecular weight excluding hydrogens is 737 g/mol. The Hall–Kier alpha value is -4.78. The fourth-order valence-corrected chi connectivity index (χ4v) is 4.35. The molecule has 0 spiro atoms. The number of aliphatic carboxylic acids is 1. The Labute approximate surface area is 330 Å². The number of aromatic hydroxyl groups is 1. The summed E-state index contributed by atoms with van der Waals surface area (Å²) in [7, 11) is 2.95. The van der Waals surface area contributed by atoms with E-state index in [9.17, 15) is 19.2 Å². The van der Waals surface area contributed by atoms with Gasteiger partial charge in [0.1, 0.15) is 19.5 Å². The van der Waals surface area contributed by atoms with Crippen molar-refractivity contribution in [1.29, 1.82) is 0 Å². The van der Waals surface area contributed by atoms with Crippen molar-refractivity contribution in [3.05, 3.63) is 99.5 Å². The molecule has 1 atom stereocenters. The summed E-state index contributed by atoms with van der Waals surface area (Å²) in [5.41, 5.74) is 3.81. The molecule has 54 heavy (non-hydrogen) atoms. The van der Waals surface area contributed by atoms with Crippen LogP contribution < -0.4 is 10.6 Å². The number of nitrogens with one attached hydrogen (secondary N) is 2. The number of methoxy groups -OCH3 is 1. The van der Waals surface area contributed by atoms with E-state index in [4.69, 9.17) is 43.0 Å². The lowest BCUT2D eigenvalue weighted by atomic mass is 9.96. The number of amides is 2. The zero-order valence-corrected chi connectivity index (χ0v) is 33.9. The highest BCUT2D eigenvalue weighted by molar-refractivity contribution is 6.38. The summed E-state index contributed by atoms with van der Waals surface area (Å²) in [4.78, 5) is 54.4. The summed E-state index contributed by atoms with van der Waals surface area (Å²) in [5.74, 6) is -0.167. The van der Waals surface area contributed by atoms with Crippen LogP contribution in [-0.2, 0) is 41.6 Å². The lowest BCUT2D eigenvalue weighted by molar-refractivity contribution is -0.134. The fraction of sp³-hybridized carbons (Fsp3) is 0.400. The highest BCUT2D eigenvalue weighted by Crippen LogP contribution is 2.21. The number of Topliss-reactive ketones (excluding diaryl/α,β-unsaturated/α-hetero) is 1. The van der Waals surface area contributed by atoms with E-state index in [0.717, 1.165) is 38.3 Å². The Balaban J connectivity index is -0.000000628. The number of carbonyl (C=O) groups excluding carboxylic acids is 4. The minimum Gasteiger partial charge on any atom is -0.508 e. The van der Waals surface area contributed by atoms with E-state index in [0.29, 0.717) is 52.9 Å². The van der Waals surface area contributed by atoms with Gasteiger partial charge in [-0.05, 0) is 60.6 Å². The number of phenolic OH excluding ortho intramolecular Hbond substituents is 1. The monoisotopic (exact) mass is 793 g/mol. The van der Waals surface area contributed by atoms with Gasteiger partial charge < -0.3 is 30.4 Å². The number of benzene rings is 3. The molecular formula is C40H57Cl2N3O9. The van der Waals surface area contributed by atoms with Crippen LogP contribution in [0.15, 0.2) is 78.0 Å². The summed E-state index contributed by atoms with van der Waals surface area (Å²) in [5, 5.41) is 25.9. The van der Waals surface area contributed by atoms with Gasteiger partial charge in [-0.3, -0.25) is 24.0 Å². The van der Waals surface area contributed by atoms with Gasteiger partial charge in [0.25, 0.3) is 5.97 Å². The van der Waals surface area contributed by atoms with Crippen LogP contribution in [0.3, 0.4) is 0 Å². The third-order valence-corrected chi connectivity index (χ3v) is 6.56. The van der Waals surface area contributed by atoms with Gasteiger partial charge in [0.2, 0.25) is 12.8 Å². The third kappa shape index (κ3) is 34.3. The Bertz CT molecular complexity index is 1420. The van der Waals surface area contributed by atoms with Gasteiger partial charge in [-0.2, -0.15) is 0 Å². The van der Waals surface area contributed by atoms with Gasteiger partial charge >= 0.3 is 0 Å². The average molecular weight is 795 g/mol. The number of rotatable bonds is 16. The van der Waals surface area contributed by atoms with Crippen molar-refractivity contribution in [2.75, 3.05) is 33.9 Å². The molecule has 0 aromatic heterocycles. The van der Waals surface area contributed by atoms with Crippen LogP contribution in [0.1, 0.15) is 75.4 Å². The molecule has 4 N–H and O–H groups in total. The van der Waals surface area contributed by atoms with E-state index in [1.54, 1.807) is 30.3 Å². The van der Waals surface area contributed by atoms with Gasteiger partial charge in [-0.15, -0.1) is 0 Å². The summed E-state index contributed by atoms with van der Waals surface area (Å²) < 4.78 is 4.50. The van der Waals surface area contributed by atoms with Crippen molar-refractivity contribution in [3.63, 3.8) is 0 Å². The molecule has 0 fully saturated rings. The molecule has 300 valence electrons. The molecule has 0 heterocycles. The number of aryl methyl sites for hydroxylation is 1. The number of halogens is 2. The summed E-state index contributed by atoms with van der Waals surface area (Å²) in [6.45, 7) is 10.2. The van der Waals surface area contributed by atoms with Gasteiger partial charge in [-0.1, -0.05) is 117 Å². The Kier molecular flexibility index (Phi) is 37.7. The van der Waals surface area contributed by atoms with Gasteiger partial charge in [0.15, 0.2) is 12.1 Å². The first-order valence-corrected chi connectivity index (χ1v) is 17.9. The van der Waals surface area contributed by atoms with Crippen molar-refractivity contribution in [2.45, 2.75) is 66.7 Å². The molecule has 0 bridgehead atoms. The molecule has 14 heteroatoms. The van der Waals surface area contributed by atoms with Gasteiger partial charge in [0.05, 0.1) is 34.4 Å². The van der Waals surface area contributed by atoms with Gasteiger partial charge in [-0.25, -0.2) is 0 Å². The lowest BCUT2D eigenvalue weighted by Gasteiger charge is -2.12. The molecule has 0 aliphatic rings. The molecule has 1 unspecified atom stereocenters. The highest BCUT2D eigenvalue weighted by atomic mass is 35.5. The zero-order chi connectivity index (χ0) is 41.6. The number of ether oxygens (including phenoxy) is 1. The molecule has 3 rings (SSSR count). The molecule has 12 nitrogen and oxygen atoms in total. The lowest BCUT2D eigenvalue weighted by Crippen LogP contribution is -2.24. The molecule has 3 aromatic carbocycles. The quantitative estimate of drug-likeness (QED) is 0.0645. The number of ketones is 1. The number of carboxylic acid groups (broad SMARTS) is 1. The number of aldehydes is 1. The van der Waals surface area contributed by atoms with E-state index in [1.807, 2.05) is 30.3 Å². The highest BCUT2D eigenvalue weighted by Gasteiger charge is 2.09. The van der Waals surface area contributed by atoms with Crippen molar-refractivity contribution in [1.82, 2.24) is 10.6 Å². The predicted molar refractivity (Wildman–Crippen MR) is 217 cm³/mol. The second-order valence-corrected chi connectivity index (χ2v) is 12.0. The number of phenols is 1. The molecule has 3 aromatic rings. The first-order valence-electron chi connectivity index (χ1n) is 17.1. The van der Waals surface area contributed by atoms with Crippen LogP contribution in [0, 0.1) is 5.92 Å². The minimum absolute atomic E-state index is 0.0529. The number of hydrogen-bond acceptors (Lipinski definition) is 9. The fourth-order valence-electron chi connectivity index (χ4n) is 3.86. The van der Waals surface area contributed by atoms with E-state index in [1.165, 1.54) is 31.8 Å². The molecule has 0 saturated carbocycles. The number of carbonyl (C=O) groups is 5. The van der Waals surface area contributed by atoms with Crippen LogP contribution in [-0.4, -0.2) is 80.7 Å². The summed E-state index contributed by atoms with van der Waals surface area (Å²) in [6.07, 6.45) is 7.10. The number of carboxylic acids is 1. The first-order chi connectivity index (χ1) is 25.8. The second kappa shape index (κ2) is 38.0. The van der Waals surface area contributed by atoms with Crippen molar-refractivity contribution < 1.29 is 43.8 Å².